The number of unbranched alkanes of at least 4 members (excludes halogenated alkanes) is 12. The van der Waals surface area contributed by atoms with Crippen molar-refractivity contribution < 1.29 is 15.3 Å². The third-order valence-corrected chi connectivity index (χ3v) is 4.90. The van der Waals surface area contributed by atoms with Crippen LogP contribution in [0.1, 0.15) is 103 Å². The molecule has 3 atom stereocenters. The van der Waals surface area contributed by atoms with Crippen molar-refractivity contribution in [2.45, 2.75) is 121 Å². The van der Waals surface area contributed by atoms with Crippen LogP contribution in [0.15, 0.2) is 0 Å². The lowest BCUT2D eigenvalue weighted by Crippen LogP contribution is -2.43. The maximum Gasteiger partial charge on any atom is 0.0950 e. The molecule has 0 aliphatic carbocycles. The fraction of sp³-hybridized carbons (Fsp3) is 1.00. The van der Waals surface area contributed by atoms with Crippen molar-refractivity contribution in [3.05, 3.63) is 0 Å². The van der Waals surface area contributed by atoms with Crippen LogP contribution >= 0.6 is 0 Å². The van der Waals surface area contributed by atoms with Crippen LogP contribution in [0.4, 0.5) is 0 Å². The maximum atomic E-state index is 9.88. The average molecular weight is 346 g/mol. The summed E-state index contributed by atoms with van der Waals surface area (Å²) < 4.78 is 0. The number of aliphatic hydroxyl groups excluding tert-OH is 3. The van der Waals surface area contributed by atoms with Gasteiger partial charge in [-0.1, -0.05) is 90.4 Å². The van der Waals surface area contributed by atoms with Crippen LogP contribution in [0.2, 0.25) is 0 Å². The molecule has 0 bridgehead atoms. The molecular formula is C20H43NO3. The van der Waals surface area contributed by atoms with E-state index in [0.29, 0.717) is 12.8 Å². The van der Waals surface area contributed by atoms with Gasteiger partial charge in [0, 0.05) is 12.6 Å². The van der Waals surface area contributed by atoms with Gasteiger partial charge in [-0.15, -0.1) is 0 Å². The highest BCUT2D eigenvalue weighted by molar-refractivity contribution is 4.78. The van der Waals surface area contributed by atoms with Crippen molar-refractivity contribution >= 4 is 0 Å². The monoisotopic (exact) mass is 345 g/mol. The molecule has 0 spiro atoms. The topological polar surface area (TPSA) is 86.7 Å². The molecule has 0 aliphatic rings. The van der Waals surface area contributed by atoms with Crippen molar-refractivity contribution in [2.75, 3.05) is 6.61 Å². The second-order valence-electron chi connectivity index (χ2n) is 7.27. The Balaban J connectivity index is 3.30. The highest BCUT2D eigenvalue weighted by Crippen LogP contribution is 2.14. The van der Waals surface area contributed by atoms with Gasteiger partial charge in [-0.05, 0) is 12.8 Å². The van der Waals surface area contributed by atoms with E-state index in [1.807, 2.05) is 0 Å². The molecule has 0 aromatic carbocycles. The lowest BCUT2D eigenvalue weighted by molar-refractivity contribution is -0.00570. The van der Waals surface area contributed by atoms with Crippen LogP contribution in [0.5, 0.6) is 0 Å². The van der Waals surface area contributed by atoms with Gasteiger partial charge in [0.1, 0.15) is 0 Å². The van der Waals surface area contributed by atoms with E-state index >= 15 is 0 Å². The Morgan fingerprint density at radius 2 is 1.08 bits per heavy atom. The fourth-order valence-electron chi connectivity index (χ4n) is 3.15. The first kappa shape index (κ1) is 23.8. The van der Waals surface area contributed by atoms with Crippen molar-refractivity contribution in [2.24, 2.45) is 5.73 Å². The maximum absolute atomic E-state index is 9.88. The van der Waals surface area contributed by atoms with E-state index in [0.717, 1.165) is 12.8 Å². The van der Waals surface area contributed by atoms with Crippen LogP contribution in [0.3, 0.4) is 0 Å². The normalized spacial score (nSPS) is 15.4. The van der Waals surface area contributed by atoms with Gasteiger partial charge in [-0.25, -0.2) is 0 Å². The first-order chi connectivity index (χ1) is 11.6. The quantitative estimate of drug-likeness (QED) is 0.284. The van der Waals surface area contributed by atoms with E-state index in [9.17, 15) is 10.2 Å². The number of nitrogens with two attached hydrogens (primary N) is 1. The second kappa shape index (κ2) is 17.7. The van der Waals surface area contributed by atoms with Crippen molar-refractivity contribution in [1.29, 1.82) is 0 Å². The van der Waals surface area contributed by atoms with E-state index in [1.165, 1.54) is 70.6 Å². The molecule has 24 heavy (non-hydrogen) atoms. The summed E-state index contributed by atoms with van der Waals surface area (Å²) in [6.45, 7) is 2.21. The molecule has 0 fully saturated rings. The van der Waals surface area contributed by atoms with E-state index < -0.39 is 18.2 Å². The van der Waals surface area contributed by atoms with Crippen LogP contribution in [-0.2, 0) is 0 Å². The number of hydrogen-bond donors (Lipinski definition) is 4. The van der Waals surface area contributed by atoms with Gasteiger partial charge in [0.2, 0.25) is 0 Å². The number of aliphatic hydroxyl groups is 3. The van der Waals surface area contributed by atoms with Gasteiger partial charge in [0.05, 0.1) is 12.2 Å². The molecule has 0 radical (unpaired) electrons. The van der Waals surface area contributed by atoms with Crippen molar-refractivity contribution in [3.8, 4) is 0 Å². The summed E-state index contributed by atoms with van der Waals surface area (Å²) in [5.41, 5.74) is 5.70. The van der Waals surface area contributed by atoms with Gasteiger partial charge in [-0.2, -0.15) is 0 Å². The lowest BCUT2D eigenvalue weighted by Gasteiger charge is -2.23. The largest absolute Gasteiger partial charge is 0.396 e. The Morgan fingerprint density at radius 1 is 0.667 bits per heavy atom. The minimum Gasteiger partial charge on any atom is -0.396 e. The smallest absolute Gasteiger partial charge is 0.0950 e. The van der Waals surface area contributed by atoms with E-state index in [2.05, 4.69) is 6.92 Å². The summed E-state index contributed by atoms with van der Waals surface area (Å²) >= 11 is 0. The molecule has 0 aliphatic heterocycles. The zero-order valence-electron chi connectivity index (χ0n) is 16.0. The molecule has 4 heteroatoms. The van der Waals surface area contributed by atoms with E-state index in [1.54, 1.807) is 0 Å². The molecule has 3 unspecified atom stereocenters. The summed E-state index contributed by atoms with van der Waals surface area (Å²) in [6.07, 6.45) is 16.1. The predicted octanol–water partition coefficient (Wildman–Crippen LogP) is 3.90. The van der Waals surface area contributed by atoms with Gasteiger partial charge in [0.15, 0.2) is 0 Å². The van der Waals surface area contributed by atoms with Crippen LogP contribution in [0.25, 0.3) is 0 Å². The lowest BCUT2D eigenvalue weighted by atomic mass is 9.98. The molecule has 0 aromatic heterocycles. The molecular weight excluding hydrogens is 302 g/mol. The Labute approximate surface area is 149 Å². The van der Waals surface area contributed by atoms with Gasteiger partial charge in [0.25, 0.3) is 0 Å². The van der Waals surface area contributed by atoms with Crippen molar-refractivity contribution in [3.63, 3.8) is 0 Å². The van der Waals surface area contributed by atoms with Gasteiger partial charge in [-0.3, -0.25) is 0 Å². The summed E-state index contributed by atoms with van der Waals surface area (Å²) in [7, 11) is 0. The molecule has 0 rings (SSSR count). The molecule has 0 saturated carbocycles. The molecule has 5 N–H and O–H groups in total. The second-order valence-corrected chi connectivity index (χ2v) is 7.27. The minimum atomic E-state index is -0.922. The third kappa shape index (κ3) is 14.2. The van der Waals surface area contributed by atoms with Crippen LogP contribution in [-0.4, -0.2) is 40.2 Å². The SMILES string of the molecule is CCCCCCCCCCCCCCCC(O)C(O)C(N)CCO. The van der Waals surface area contributed by atoms with E-state index in [4.69, 9.17) is 10.8 Å². The highest BCUT2D eigenvalue weighted by atomic mass is 16.3. The first-order valence-corrected chi connectivity index (χ1v) is 10.4. The first-order valence-electron chi connectivity index (χ1n) is 10.4. The Hall–Kier alpha value is -0.160. The number of hydrogen-bond acceptors (Lipinski definition) is 4. The summed E-state index contributed by atoms with van der Waals surface area (Å²) in [6, 6.07) is -0.535. The average Bonchev–Trinajstić information content (AvgIpc) is 2.58. The Morgan fingerprint density at radius 3 is 1.50 bits per heavy atom. The van der Waals surface area contributed by atoms with Crippen LogP contribution < -0.4 is 5.73 Å². The summed E-state index contributed by atoms with van der Waals surface area (Å²) in [5.74, 6) is 0. The van der Waals surface area contributed by atoms with Crippen molar-refractivity contribution in [1.82, 2.24) is 0 Å². The highest BCUT2D eigenvalue weighted by Gasteiger charge is 2.22. The predicted molar refractivity (Wildman–Crippen MR) is 102 cm³/mol. The zero-order chi connectivity index (χ0) is 18.0. The molecule has 4 nitrogen and oxygen atoms in total. The van der Waals surface area contributed by atoms with Gasteiger partial charge < -0.3 is 21.1 Å². The third-order valence-electron chi connectivity index (χ3n) is 4.90. The fourth-order valence-corrected chi connectivity index (χ4v) is 3.15. The Bertz CT molecular complexity index is 251. The molecule has 0 saturated heterocycles. The number of rotatable bonds is 18. The van der Waals surface area contributed by atoms with Crippen LogP contribution in [0, 0.1) is 0 Å². The minimum absolute atomic E-state index is 0.0519. The summed E-state index contributed by atoms with van der Waals surface area (Å²) in [4.78, 5) is 0. The van der Waals surface area contributed by atoms with E-state index in [-0.39, 0.29) is 6.61 Å². The molecule has 0 amide bonds. The summed E-state index contributed by atoms with van der Waals surface area (Å²) in [5, 5.41) is 28.5. The molecule has 0 heterocycles. The molecule has 0 aromatic rings. The van der Waals surface area contributed by atoms with Gasteiger partial charge >= 0.3 is 0 Å². The zero-order valence-corrected chi connectivity index (χ0v) is 16.0. The molecule has 146 valence electrons. The standard InChI is InChI=1S/C20H43NO3/c1-2-3-4-5-6-7-8-9-10-11-12-13-14-15-19(23)20(24)18(21)16-17-22/h18-20,22-24H,2-17,21H2,1H3. The Kier molecular flexibility index (Phi) is 17.5.